The van der Waals surface area contributed by atoms with Gasteiger partial charge in [-0.05, 0) is 18.2 Å². The molecule has 2 N–H and O–H groups in total. The molecule has 2 aromatic rings. The minimum absolute atomic E-state index is 0.195. The molecule has 0 fully saturated rings. The summed E-state index contributed by atoms with van der Waals surface area (Å²) in [5.41, 5.74) is 7.12. The summed E-state index contributed by atoms with van der Waals surface area (Å²) in [5.74, 6) is 0.870. The number of hydrogen-bond donors (Lipinski definition) is 1. The lowest BCUT2D eigenvalue weighted by Gasteiger charge is -2.12. The fourth-order valence-corrected chi connectivity index (χ4v) is 1.92. The van der Waals surface area contributed by atoms with E-state index in [0.717, 1.165) is 0 Å². The van der Waals surface area contributed by atoms with Crippen LogP contribution >= 0.6 is 0 Å². The first-order valence-corrected chi connectivity index (χ1v) is 6.07. The van der Waals surface area contributed by atoms with Crippen molar-refractivity contribution in [3.8, 4) is 11.5 Å². The van der Waals surface area contributed by atoms with Crippen molar-refractivity contribution >= 4 is 5.78 Å². The van der Waals surface area contributed by atoms with E-state index in [1.807, 2.05) is 0 Å². The molecule has 0 bridgehead atoms. The number of aromatic nitrogens is 2. The predicted molar refractivity (Wildman–Crippen MR) is 74.0 cm³/mol. The van der Waals surface area contributed by atoms with E-state index in [0.29, 0.717) is 22.6 Å². The minimum atomic E-state index is -0.748. The highest BCUT2D eigenvalue weighted by Gasteiger charge is 2.20. The number of carbonyl (C=O) groups excluding carboxylic acids is 1. The Labute approximate surface area is 117 Å². The number of aryl methyl sites for hydroxylation is 1. The molecule has 0 amide bonds. The number of nitrogens with zero attached hydrogens (tertiary/aromatic N) is 2. The zero-order valence-corrected chi connectivity index (χ0v) is 11.7. The maximum absolute atomic E-state index is 12.4. The zero-order valence-electron chi connectivity index (χ0n) is 11.7. The Morgan fingerprint density at radius 1 is 1.30 bits per heavy atom. The van der Waals surface area contributed by atoms with Gasteiger partial charge in [-0.1, -0.05) is 0 Å². The van der Waals surface area contributed by atoms with E-state index in [4.69, 9.17) is 15.2 Å². The third-order valence-electron chi connectivity index (χ3n) is 3.03. The molecule has 6 nitrogen and oxygen atoms in total. The van der Waals surface area contributed by atoms with Gasteiger partial charge in [0.15, 0.2) is 17.3 Å². The van der Waals surface area contributed by atoms with Gasteiger partial charge in [0.2, 0.25) is 0 Å². The van der Waals surface area contributed by atoms with Crippen molar-refractivity contribution in [2.45, 2.75) is 6.04 Å². The van der Waals surface area contributed by atoms with Crippen molar-refractivity contribution in [3.63, 3.8) is 0 Å². The number of ketones is 1. The number of rotatable bonds is 5. The molecule has 1 heterocycles. The van der Waals surface area contributed by atoms with Crippen LogP contribution in [0.2, 0.25) is 0 Å². The van der Waals surface area contributed by atoms with Gasteiger partial charge in [0.25, 0.3) is 0 Å². The molecule has 0 saturated carbocycles. The van der Waals surface area contributed by atoms with Gasteiger partial charge in [-0.2, -0.15) is 5.10 Å². The number of ether oxygens (including phenoxy) is 2. The van der Waals surface area contributed by atoms with Crippen molar-refractivity contribution in [2.75, 3.05) is 14.2 Å². The Morgan fingerprint density at radius 2 is 2.00 bits per heavy atom. The van der Waals surface area contributed by atoms with Crippen LogP contribution in [0.3, 0.4) is 0 Å². The van der Waals surface area contributed by atoms with Crippen molar-refractivity contribution in [2.24, 2.45) is 12.8 Å². The molecule has 0 aliphatic carbocycles. The summed E-state index contributed by atoms with van der Waals surface area (Å²) in [6.07, 6.45) is 3.31. The molecule has 0 aliphatic rings. The molecule has 106 valence electrons. The Kier molecular flexibility index (Phi) is 4.05. The maximum Gasteiger partial charge on any atom is 0.184 e. The third kappa shape index (κ3) is 2.65. The van der Waals surface area contributed by atoms with E-state index in [1.165, 1.54) is 7.11 Å². The van der Waals surface area contributed by atoms with Gasteiger partial charge in [-0.15, -0.1) is 0 Å². The fourth-order valence-electron chi connectivity index (χ4n) is 1.92. The summed E-state index contributed by atoms with van der Waals surface area (Å²) in [7, 11) is 4.84. The molecule has 0 aliphatic heterocycles. The Morgan fingerprint density at radius 3 is 2.55 bits per heavy atom. The van der Waals surface area contributed by atoms with Gasteiger partial charge in [0, 0.05) is 24.4 Å². The van der Waals surface area contributed by atoms with E-state index in [-0.39, 0.29) is 5.78 Å². The molecule has 6 heteroatoms. The van der Waals surface area contributed by atoms with Gasteiger partial charge >= 0.3 is 0 Å². The second-order valence-corrected chi connectivity index (χ2v) is 4.36. The second kappa shape index (κ2) is 5.75. The van der Waals surface area contributed by atoms with E-state index in [2.05, 4.69) is 5.10 Å². The van der Waals surface area contributed by atoms with Gasteiger partial charge in [-0.3, -0.25) is 9.48 Å². The number of Topliss-reactive ketones (excluding diaryl/α,β-unsaturated/α-hetero) is 1. The maximum atomic E-state index is 12.4. The van der Waals surface area contributed by atoms with Crippen molar-refractivity contribution in [3.05, 3.63) is 41.7 Å². The van der Waals surface area contributed by atoms with Crippen LogP contribution in [0.5, 0.6) is 11.5 Å². The highest BCUT2D eigenvalue weighted by atomic mass is 16.5. The molecule has 1 aromatic carbocycles. The highest BCUT2D eigenvalue weighted by molar-refractivity contribution is 6.01. The minimum Gasteiger partial charge on any atom is -0.493 e. The van der Waals surface area contributed by atoms with Crippen LogP contribution in [-0.4, -0.2) is 29.8 Å². The largest absolute Gasteiger partial charge is 0.493 e. The average molecular weight is 275 g/mol. The molecule has 1 aromatic heterocycles. The lowest BCUT2D eigenvalue weighted by molar-refractivity contribution is 0.0961. The van der Waals surface area contributed by atoms with Gasteiger partial charge in [0.05, 0.1) is 26.5 Å². The SMILES string of the molecule is COc1ccc(C(=O)C(N)c2cnn(C)c2)cc1OC. The van der Waals surface area contributed by atoms with E-state index >= 15 is 0 Å². The van der Waals surface area contributed by atoms with Gasteiger partial charge in [-0.25, -0.2) is 0 Å². The van der Waals surface area contributed by atoms with E-state index in [1.54, 1.807) is 49.4 Å². The summed E-state index contributed by atoms with van der Waals surface area (Å²) in [6, 6.07) is 4.22. The number of carbonyl (C=O) groups is 1. The first kappa shape index (κ1) is 14.1. The van der Waals surface area contributed by atoms with Crippen LogP contribution in [-0.2, 0) is 7.05 Å². The molecule has 1 atom stereocenters. The number of benzene rings is 1. The highest BCUT2D eigenvalue weighted by Crippen LogP contribution is 2.29. The van der Waals surface area contributed by atoms with Gasteiger partial charge < -0.3 is 15.2 Å². The summed E-state index contributed by atoms with van der Waals surface area (Å²) in [5, 5.41) is 4.01. The number of hydrogen-bond acceptors (Lipinski definition) is 5. The van der Waals surface area contributed by atoms with E-state index < -0.39 is 6.04 Å². The lowest BCUT2D eigenvalue weighted by Crippen LogP contribution is -2.21. The quantitative estimate of drug-likeness (QED) is 0.832. The van der Waals surface area contributed by atoms with Crippen LogP contribution in [0.15, 0.2) is 30.6 Å². The van der Waals surface area contributed by atoms with Crippen LogP contribution in [0.25, 0.3) is 0 Å². The van der Waals surface area contributed by atoms with Crippen LogP contribution in [0.1, 0.15) is 22.0 Å². The second-order valence-electron chi connectivity index (χ2n) is 4.36. The molecule has 0 saturated heterocycles. The Hall–Kier alpha value is -2.34. The lowest BCUT2D eigenvalue weighted by atomic mass is 10.0. The normalized spacial score (nSPS) is 12.0. The van der Waals surface area contributed by atoms with Gasteiger partial charge in [0.1, 0.15) is 0 Å². The summed E-state index contributed by atoms with van der Waals surface area (Å²) in [6.45, 7) is 0. The van der Waals surface area contributed by atoms with Crippen molar-refractivity contribution in [1.29, 1.82) is 0 Å². The topological polar surface area (TPSA) is 79.4 Å². The van der Waals surface area contributed by atoms with Crippen molar-refractivity contribution in [1.82, 2.24) is 9.78 Å². The standard InChI is InChI=1S/C14H17N3O3/c1-17-8-10(7-16-17)13(15)14(18)9-4-5-11(19-2)12(6-9)20-3/h4-8,13H,15H2,1-3H3. The van der Waals surface area contributed by atoms with E-state index in [9.17, 15) is 4.79 Å². The molecule has 0 radical (unpaired) electrons. The molecule has 1 unspecified atom stereocenters. The first-order valence-electron chi connectivity index (χ1n) is 6.07. The molecule has 20 heavy (non-hydrogen) atoms. The van der Waals surface area contributed by atoms with Crippen molar-refractivity contribution < 1.29 is 14.3 Å². The molecular weight excluding hydrogens is 258 g/mol. The third-order valence-corrected chi connectivity index (χ3v) is 3.03. The predicted octanol–water partition coefficient (Wildman–Crippen LogP) is 1.32. The summed E-state index contributed by atoms with van der Waals surface area (Å²) in [4.78, 5) is 12.4. The molecule has 2 rings (SSSR count). The number of methoxy groups -OCH3 is 2. The van der Waals surface area contributed by atoms with Crippen LogP contribution in [0.4, 0.5) is 0 Å². The summed E-state index contributed by atoms with van der Waals surface area (Å²) < 4.78 is 11.9. The zero-order chi connectivity index (χ0) is 14.7. The number of nitrogens with two attached hydrogens (primary N) is 1. The van der Waals surface area contributed by atoms with Crippen LogP contribution in [0, 0.1) is 0 Å². The molecule has 0 spiro atoms. The Balaban J connectivity index is 2.29. The smallest absolute Gasteiger partial charge is 0.184 e. The monoisotopic (exact) mass is 275 g/mol. The Bertz CT molecular complexity index is 622. The first-order chi connectivity index (χ1) is 9.56. The van der Waals surface area contributed by atoms with Crippen LogP contribution < -0.4 is 15.2 Å². The molecular formula is C14H17N3O3. The summed E-state index contributed by atoms with van der Waals surface area (Å²) >= 11 is 0. The fraction of sp³-hybridized carbons (Fsp3) is 0.286. The average Bonchev–Trinajstić information content (AvgIpc) is 2.91.